The van der Waals surface area contributed by atoms with Crippen LogP contribution < -0.4 is 16.0 Å². The number of hydrogen-bond acceptors (Lipinski definition) is 5. The summed E-state index contributed by atoms with van der Waals surface area (Å²) in [5.41, 5.74) is 3.44. The summed E-state index contributed by atoms with van der Waals surface area (Å²) in [6.07, 6.45) is 3.28. The predicted molar refractivity (Wildman–Crippen MR) is 105 cm³/mol. The normalized spacial score (nSPS) is 10.1. The van der Waals surface area contributed by atoms with Gasteiger partial charge in [0.15, 0.2) is 0 Å². The minimum absolute atomic E-state index is 0.137. The van der Waals surface area contributed by atoms with E-state index in [0.717, 1.165) is 11.3 Å². The number of rotatable bonds is 5. The molecule has 0 aliphatic rings. The van der Waals surface area contributed by atoms with E-state index in [2.05, 4.69) is 25.9 Å². The highest BCUT2D eigenvalue weighted by molar-refractivity contribution is 6.05. The Balaban J connectivity index is 1.72. The molecule has 2 amide bonds. The molecule has 0 bridgehead atoms. The molecule has 7 nitrogen and oxygen atoms in total. The Morgan fingerprint density at radius 3 is 2.37 bits per heavy atom. The Hall–Kier alpha value is -3.74. The van der Waals surface area contributed by atoms with Crippen molar-refractivity contribution in [3.05, 3.63) is 72.1 Å². The Kier molecular flexibility index (Phi) is 5.41. The second kappa shape index (κ2) is 8.09. The third-order valence-corrected chi connectivity index (χ3v) is 3.74. The molecule has 0 aliphatic heterocycles. The smallest absolute Gasteiger partial charge is 0.255 e. The zero-order valence-electron chi connectivity index (χ0n) is 15.0. The van der Waals surface area contributed by atoms with Crippen molar-refractivity contribution in [2.75, 3.05) is 16.0 Å². The number of hydrogen-bond donors (Lipinski definition) is 3. The molecule has 0 radical (unpaired) electrons. The highest BCUT2D eigenvalue weighted by atomic mass is 16.2. The van der Waals surface area contributed by atoms with Gasteiger partial charge in [0.25, 0.3) is 5.91 Å². The van der Waals surface area contributed by atoms with Gasteiger partial charge in [0.05, 0.1) is 0 Å². The van der Waals surface area contributed by atoms with Gasteiger partial charge in [-0.2, -0.15) is 0 Å². The molecule has 3 N–H and O–H groups in total. The summed E-state index contributed by atoms with van der Waals surface area (Å²) in [7, 11) is 0. The molecule has 0 aliphatic carbocycles. The van der Waals surface area contributed by atoms with Crippen molar-refractivity contribution >= 4 is 34.8 Å². The van der Waals surface area contributed by atoms with Crippen molar-refractivity contribution in [3.63, 3.8) is 0 Å². The maximum Gasteiger partial charge on any atom is 0.255 e. The van der Waals surface area contributed by atoms with Gasteiger partial charge in [-0.3, -0.25) is 9.59 Å². The minimum Gasteiger partial charge on any atom is -0.326 e. The van der Waals surface area contributed by atoms with Crippen LogP contribution in [-0.2, 0) is 4.79 Å². The number of benzene rings is 2. The van der Waals surface area contributed by atoms with E-state index in [4.69, 9.17) is 0 Å². The first-order valence-corrected chi connectivity index (χ1v) is 8.35. The number of amides is 2. The third kappa shape index (κ3) is 4.88. The zero-order chi connectivity index (χ0) is 19.2. The van der Waals surface area contributed by atoms with Crippen LogP contribution in [-0.4, -0.2) is 21.8 Å². The average molecular weight is 361 g/mol. The number of aryl methyl sites for hydroxylation is 1. The number of carbonyl (C=O) groups is 2. The van der Waals surface area contributed by atoms with Gasteiger partial charge in [0.2, 0.25) is 11.9 Å². The first-order valence-electron chi connectivity index (χ1n) is 8.35. The van der Waals surface area contributed by atoms with Gasteiger partial charge in [0.1, 0.15) is 0 Å². The summed E-state index contributed by atoms with van der Waals surface area (Å²) in [5.74, 6) is 0.0835. The fourth-order valence-corrected chi connectivity index (χ4v) is 2.51. The second-order valence-electron chi connectivity index (χ2n) is 5.94. The van der Waals surface area contributed by atoms with Crippen LogP contribution in [0.15, 0.2) is 60.9 Å². The number of nitrogens with one attached hydrogen (secondary N) is 3. The lowest BCUT2D eigenvalue weighted by molar-refractivity contribution is -0.114. The summed E-state index contributed by atoms with van der Waals surface area (Å²) in [6, 6.07) is 14.1. The van der Waals surface area contributed by atoms with E-state index in [1.54, 1.807) is 48.8 Å². The first-order chi connectivity index (χ1) is 13.0. The zero-order valence-corrected chi connectivity index (χ0v) is 15.0. The third-order valence-electron chi connectivity index (χ3n) is 3.74. The van der Waals surface area contributed by atoms with Gasteiger partial charge in [-0.25, -0.2) is 9.97 Å². The lowest BCUT2D eigenvalue weighted by atomic mass is 10.1. The Morgan fingerprint density at radius 1 is 0.889 bits per heavy atom. The standard InChI is InChI=1S/C20H19N5O2/c1-13-11-17(7-8-18(13)23-14(2)26)24-19(27)15-5-3-6-16(12-15)25-20-21-9-4-10-22-20/h3-12H,1-2H3,(H,23,26)(H,24,27)(H,21,22,25). The molecular formula is C20H19N5O2. The van der Waals surface area contributed by atoms with E-state index in [9.17, 15) is 9.59 Å². The summed E-state index contributed by atoms with van der Waals surface area (Å²) < 4.78 is 0. The van der Waals surface area contributed by atoms with Crippen molar-refractivity contribution in [1.82, 2.24) is 9.97 Å². The molecule has 7 heteroatoms. The predicted octanol–water partition coefficient (Wildman–Crippen LogP) is 3.74. The molecule has 0 unspecified atom stereocenters. The average Bonchev–Trinajstić information content (AvgIpc) is 2.65. The maximum atomic E-state index is 12.6. The van der Waals surface area contributed by atoms with Crippen molar-refractivity contribution in [1.29, 1.82) is 0 Å². The van der Waals surface area contributed by atoms with Crippen molar-refractivity contribution in [2.45, 2.75) is 13.8 Å². The SMILES string of the molecule is CC(=O)Nc1ccc(NC(=O)c2cccc(Nc3ncccn3)c2)cc1C. The van der Waals surface area contributed by atoms with Crippen LogP contribution in [0, 0.1) is 6.92 Å². The second-order valence-corrected chi connectivity index (χ2v) is 5.94. The van der Waals surface area contributed by atoms with E-state index < -0.39 is 0 Å². The van der Waals surface area contributed by atoms with Crippen LogP contribution in [0.1, 0.15) is 22.8 Å². The van der Waals surface area contributed by atoms with Gasteiger partial charge in [-0.05, 0) is 55.0 Å². The van der Waals surface area contributed by atoms with Crippen LogP contribution in [0.2, 0.25) is 0 Å². The molecule has 3 rings (SSSR count). The summed E-state index contributed by atoms with van der Waals surface area (Å²) in [6.45, 7) is 3.32. The molecule has 0 atom stereocenters. The topological polar surface area (TPSA) is 96.0 Å². The monoisotopic (exact) mass is 361 g/mol. The summed E-state index contributed by atoms with van der Waals surface area (Å²) >= 11 is 0. The Labute approximate surface area is 156 Å². The van der Waals surface area contributed by atoms with Crippen LogP contribution in [0.4, 0.5) is 23.0 Å². The Morgan fingerprint density at radius 2 is 1.67 bits per heavy atom. The number of anilines is 4. The minimum atomic E-state index is -0.237. The van der Waals surface area contributed by atoms with Crippen LogP contribution in [0.25, 0.3) is 0 Å². The van der Waals surface area contributed by atoms with Crippen LogP contribution in [0.5, 0.6) is 0 Å². The van der Waals surface area contributed by atoms with E-state index in [-0.39, 0.29) is 11.8 Å². The quantitative estimate of drug-likeness (QED) is 0.643. The van der Waals surface area contributed by atoms with Gasteiger partial charge >= 0.3 is 0 Å². The highest BCUT2D eigenvalue weighted by Gasteiger charge is 2.09. The molecule has 0 spiro atoms. The van der Waals surface area contributed by atoms with Crippen molar-refractivity contribution < 1.29 is 9.59 Å². The Bertz CT molecular complexity index is 973. The summed E-state index contributed by atoms with van der Waals surface area (Å²) in [5, 5.41) is 8.66. The molecule has 1 heterocycles. The molecule has 1 aromatic heterocycles. The largest absolute Gasteiger partial charge is 0.326 e. The fourth-order valence-electron chi connectivity index (χ4n) is 2.51. The van der Waals surface area contributed by atoms with E-state index >= 15 is 0 Å². The molecule has 0 fully saturated rings. The van der Waals surface area contributed by atoms with Gasteiger partial charge in [-0.1, -0.05) is 6.07 Å². The highest BCUT2D eigenvalue weighted by Crippen LogP contribution is 2.21. The van der Waals surface area contributed by atoms with Crippen molar-refractivity contribution in [3.8, 4) is 0 Å². The lowest BCUT2D eigenvalue weighted by Crippen LogP contribution is -2.13. The molecular weight excluding hydrogens is 342 g/mol. The summed E-state index contributed by atoms with van der Waals surface area (Å²) in [4.78, 5) is 31.9. The molecule has 27 heavy (non-hydrogen) atoms. The van der Waals surface area contributed by atoms with Gasteiger partial charge in [0, 0.05) is 41.9 Å². The number of aromatic nitrogens is 2. The fraction of sp³-hybridized carbons (Fsp3) is 0.100. The lowest BCUT2D eigenvalue weighted by Gasteiger charge is -2.11. The number of carbonyl (C=O) groups excluding carboxylic acids is 2. The van der Waals surface area contributed by atoms with E-state index in [1.807, 2.05) is 19.1 Å². The van der Waals surface area contributed by atoms with Crippen molar-refractivity contribution in [2.24, 2.45) is 0 Å². The van der Waals surface area contributed by atoms with Gasteiger partial charge < -0.3 is 16.0 Å². The van der Waals surface area contributed by atoms with E-state index in [0.29, 0.717) is 22.9 Å². The van der Waals surface area contributed by atoms with Gasteiger partial charge in [-0.15, -0.1) is 0 Å². The molecule has 0 saturated carbocycles. The molecule has 2 aromatic carbocycles. The number of nitrogens with zero attached hydrogens (tertiary/aromatic N) is 2. The molecule has 0 saturated heterocycles. The van der Waals surface area contributed by atoms with Crippen LogP contribution in [0.3, 0.4) is 0 Å². The van der Waals surface area contributed by atoms with Crippen LogP contribution >= 0.6 is 0 Å². The molecule has 3 aromatic rings. The molecule has 136 valence electrons. The maximum absolute atomic E-state index is 12.6. The first kappa shape index (κ1) is 18.1. The van der Waals surface area contributed by atoms with E-state index in [1.165, 1.54) is 6.92 Å².